The molecule has 1 saturated heterocycles. The fourth-order valence-electron chi connectivity index (χ4n) is 3.13. The number of H-pyrrole nitrogens is 1. The first-order valence-corrected chi connectivity index (χ1v) is 7.81. The number of piperazine rings is 1. The second kappa shape index (κ2) is 5.98. The normalized spacial score (nSPS) is 17.9. The predicted octanol–water partition coefficient (Wildman–Crippen LogP) is 0.198. The van der Waals surface area contributed by atoms with Crippen molar-refractivity contribution in [2.45, 2.75) is 26.2 Å². The smallest absolute Gasteiger partial charge is 0.261 e. The number of carbonyl (C=O) groups excluding carboxylic acids is 3. The summed E-state index contributed by atoms with van der Waals surface area (Å²) in [6.07, 6.45) is 1.83. The fraction of sp³-hybridized carbons (Fsp3) is 0.500. The zero-order valence-corrected chi connectivity index (χ0v) is 13.1. The van der Waals surface area contributed by atoms with E-state index < -0.39 is 5.56 Å². The highest BCUT2D eigenvalue weighted by molar-refractivity contribution is 6.01. The van der Waals surface area contributed by atoms with Gasteiger partial charge in [0.2, 0.25) is 5.91 Å². The minimum atomic E-state index is -0.447. The molecule has 2 amide bonds. The lowest BCUT2D eigenvalue weighted by Gasteiger charge is -2.34. The number of aromatic amines is 1. The number of ketones is 1. The number of hydrogen-bond acceptors (Lipinski definition) is 4. The Kier molecular flexibility index (Phi) is 4.02. The molecule has 0 radical (unpaired) electrons. The molecule has 0 saturated carbocycles. The van der Waals surface area contributed by atoms with E-state index in [0.717, 1.165) is 6.42 Å². The molecule has 23 heavy (non-hydrogen) atoms. The maximum Gasteiger partial charge on any atom is 0.261 e. The van der Waals surface area contributed by atoms with Crippen LogP contribution in [0.1, 0.15) is 46.2 Å². The SMILES string of the molecule is CC(=O)N1CCN(C(=O)c2cc3c([nH]c2=O)CCCC3=O)CC1. The van der Waals surface area contributed by atoms with E-state index >= 15 is 0 Å². The van der Waals surface area contributed by atoms with Gasteiger partial charge in [-0.2, -0.15) is 0 Å². The highest BCUT2D eigenvalue weighted by Gasteiger charge is 2.27. The van der Waals surface area contributed by atoms with Crippen molar-refractivity contribution in [1.82, 2.24) is 14.8 Å². The summed E-state index contributed by atoms with van der Waals surface area (Å²) in [6.45, 7) is 3.20. The van der Waals surface area contributed by atoms with Gasteiger partial charge in [0.15, 0.2) is 5.78 Å². The summed E-state index contributed by atoms with van der Waals surface area (Å²) < 4.78 is 0. The maximum absolute atomic E-state index is 12.6. The summed E-state index contributed by atoms with van der Waals surface area (Å²) in [5.74, 6) is -0.428. The van der Waals surface area contributed by atoms with Crippen LogP contribution in [0.15, 0.2) is 10.9 Å². The summed E-state index contributed by atoms with van der Waals surface area (Å²) in [6, 6.07) is 1.44. The molecule has 1 aliphatic carbocycles. The van der Waals surface area contributed by atoms with E-state index in [4.69, 9.17) is 0 Å². The van der Waals surface area contributed by atoms with Crippen LogP contribution in [0.3, 0.4) is 0 Å². The zero-order valence-electron chi connectivity index (χ0n) is 13.1. The van der Waals surface area contributed by atoms with Crippen LogP contribution in [-0.2, 0) is 11.2 Å². The number of rotatable bonds is 1. The summed E-state index contributed by atoms with van der Waals surface area (Å²) in [5, 5.41) is 0. The fourth-order valence-corrected chi connectivity index (χ4v) is 3.13. The Labute approximate surface area is 133 Å². The van der Waals surface area contributed by atoms with Gasteiger partial charge in [0, 0.05) is 50.8 Å². The van der Waals surface area contributed by atoms with E-state index in [-0.39, 0.29) is 23.2 Å². The third-order valence-corrected chi connectivity index (χ3v) is 4.50. The average molecular weight is 317 g/mol. The Morgan fingerprint density at radius 2 is 1.70 bits per heavy atom. The minimum Gasteiger partial charge on any atom is -0.339 e. The molecule has 7 nitrogen and oxygen atoms in total. The first-order valence-electron chi connectivity index (χ1n) is 7.81. The van der Waals surface area contributed by atoms with Gasteiger partial charge >= 0.3 is 0 Å². The average Bonchev–Trinajstić information content (AvgIpc) is 2.54. The molecule has 0 aromatic carbocycles. The number of amides is 2. The Morgan fingerprint density at radius 3 is 2.35 bits per heavy atom. The summed E-state index contributed by atoms with van der Waals surface area (Å²) in [7, 11) is 0. The van der Waals surface area contributed by atoms with Gasteiger partial charge in [-0.1, -0.05) is 0 Å². The number of nitrogens with one attached hydrogen (secondary N) is 1. The molecule has 7 heteroatoms. The Bertz CT molecular complexity index is 729. The summed E-state index contributed by atoms with van der Waals surface area (Å²) in [5.41, 5.74) is 0.651. The van der Waals surface area contributed by atoms with E-state index in [2.05, 4.69) is 4.98 Å². The van der Waals surface area contributed by atoms with Crippen molar-refractivity contribution in [2.24, 2.45) is 0 Å². The van der Waals surface area contributed by atoms with Crippen molar-refractivity contribution in [3.05, 3.63) is 33.2 Å². The quantitative estimate of drug-likeness (QED) is 0.801. The molecule has 1 aromatic rings. The summed E-state index contributed by atoms with van der Waals surface area (Å²) in [4.78, 5) is 54.0. The molecule has 1 aromatic heterocycles. The molecule has 0 spiro atoms. The standard InChI is InChI=1S/C16H19N3O4/c1-10(20)18-5-7-19(8-6-18)16(23)12-9-11-13(17-15(12)22)3-2-4-14(11)21/h9H,2-8H2,1H3,(H,17,22). The lowest BCUT2D eigenvalue weighted by molar-refractivity contribution is -0.130. The van der Waals surface area contributed by atoms with E-state index in [9.17, 15) is 19.2 Å². The second-order valence-electron chi connectivity index (χ2n) is 5.98. The monoisotopic (exact) mass is 317 g/mol. The highest BCUT2D eigenvalue weighted by atomic mass is 16.2. The van der Waals surface area contributed by atoms with Crippen LogP contribution in [0, 0.1) is 0 Å². The molecule has 0 bridgehead atoms. The van der Waals surface area contributed by atoms with Crippen molar-refractivity contribution >= 4 is 17.6 Å². The number of carbonyl (C=O) groups is 3. The van der Waals surface area contributed by atoms with Crippen LogP contribution in [0.2, 0.25) is 0 Å². The van der Waals surface area contributed by atoms with Crippen molar-refractivity contribution in [3.63, 3.8) is 0 Å². The summed E-state index contributed by atoms with van der Waals surface area (Å²) >= 11 is 0. The zero-order chi connectivity index (χ0) is 16.6. The van der Waals surface area contributed by atoms with Gasteiger partial charge in [-0.15, -0.1) is 0 Å². The molecule has 2 aliphatic rings. The maximum atomic E-state index is 12.6. The van der Waals surface area contributed by atoms with Crippen LogP contribution in [-0.4, -0.2) is 58.6 Å². The number of pyridine rings is 1. The van der Waals surface area contributed by atoms with Crippen molar-refractivity contribution in [3.8, 4) is 0 Å². The number of fused-ring (bicyclic) bond motifs is 1. The van der Waals surface area contributed by atoms with Crippen molar-refractivity contribution in [1.29, 1.82) is 0 Å². The van der Waals surface area contributed by atoms with Crippen LogP contribution >= 0.6 is 0 Å². The number of aryl methyl sites for hydroxylation is 1. The third-order valence-electron chi connectivity index (χ3n) is 4.50. The van der Waals surface area contributed by atoms with Gasteiger partial charge in [-0.3, -0.25) is 19.2 Å². The molecular weight excluding hydrogens is 298 g/mol. The van der Waals surface area contributed by atoms with E-state index in [1.54, 1.807) is 9.80 Å². The first-order chi connectivity index (χ1) is 11.0. The van der Waals surface area contributed by atoms with Crippen LogP contribution in [0.5, 0.6) is 0 Å². The molecule has 0 atom stereocenters. The van der Waals surface area contributed by atoms with Gasteiger partial charge in [0.1, 0.15) is 5.56 Å². The van der Waals surface area contributed by atoms with Crippen LogP contribution < -0.4 is 5.56 Å². The van der Waals surface area contributed by atoms with E-state index in [1.807, 2.05) is 0 Å². The molecule has 3 rings (SSSR count). The van der Waals surface area contributed by atoms with Gasteiger partial charge in [-0.05, 0) is 18.9 Å². The lowest BCUT2D eigenvalue weighted by Crippen LogP contribution is -2.50. The topological polar surface area (TPSA) is 90.6 Å². The largest absolute Gasteiger partial charge is 0.339 e. The predicted molar refractivity (Wildman–Crippen MR) is 82.5 cm³/mol. The molecular formula is C16H19N3O4. The van der Waals surface area contributed by atoms with Crippen LogP contribution in [0.25, 0.3) is 0 Å². The molecule has 0 unspecified atom stereocenters. The Balaban J connectivity index is 1.83. The number of Topliss-reactive ketones (excluding diaryl/α,β-unsaturated/α-hetero) is 1. The number of nitrogens with zero attached hydrogens (tertiary/aromatic N) is 2. The number of aromatic nitrogens is 1. The minimum absolute atomic E-state index is 0.00951. The number of hydrogen-bond donors (Lipinski definition) is 1. The molecule has 2 heterocycles. The third kappa shape index (κ3) is 2.91. The highest BCUT2D eigenvalue weighted by Crippen LogP contribution is 2.19. The van der Waals surface area contributed by atoms with Crippen molar-refractivity contribution < 1.29 is 14.4 Å². The van der Waals surface area contributed by atoms with Gasteiger partial charge < -0.3 is 14.8 Å². The van der Waals surface area contributed by atoms with Gasteiger partial charge in [0.25, 0.3) is 11.5 Å². The molecule has 122 valence electrons. The van der Waals surface area contributed by atoms with E-state index in [0.29, 0.717) is 50.3 Å². The lowest BCUT2D eigenvalue weighted by atomic mass is 9.93. The Morgan fingerprint density at radius 1 is 1.04 bits per heavy atom. The van der Waals surface area contributed by atoms with Gasteiger partial charge in [0.05, 0.1) is 0 Å². The molecule has 1 aliphatic heterocycles. The Hall–Kier alpha value is -2.44. The van der Waals surface area contributed by atoms with Crippen LogP contribution in [0.4, 0.5) is 0 Å². The molecule has 1 N–H and O–H groups in total. The first kappa shape index (κ1) is 15.5. The van der Waals surface area contributed by atoms with E-state index in [1.165, 1.54) is 13.0 Å². The molecule has 1 fully saturated rings. The van der Waals surface area contributed by atoms with Gasteiger partial charge in [-0.25, -0.2) is 0 Å². The second-order valence-corrected chi connectivity index (χ2v) is 5.98. The van der Waals surface area contributed by atoms with Crippen molar-refractivity contribution in [2.75, 3.05) is 26.2 Å².